The number of hydrogen-bond acceptors (Lipinski definition) is 2. The van der Waals surface area contributed by atoms with Gasteiger partial charge in [-0.3, -0.25) is 0 Å². The van der Waals surface area contributed by atoms with Crippen molar-refractivity contribution in [1.29, 1.82) is 0 Å². The minimum absolute atomic E-state index is 0.643. The molecule has 1 unspecified atom stereocenters. The molecule has 0 amide bonds. The summed E-state index contributed by atoms with van der Waals surface area (Å²) in [4.78, 5) is 2.46. The van der Waals surface area contributed by atoms with Gasteiger partial charge in [0.2, 0.25) is 0 Å². The molecule has 1 aliphatic rings. The SMILES string of the molecule is CCN(CCC1CNc2ccccc21)c1ccccc1. The Morgan fingerprint density at radius 1 is 1.05 bits per heavy atom. The number of anilines is 2. The molecule has 104 valence electrons. The summed E-state index contributed by atoms with van der Waals surface area (Å²) in [6.07, 6.45) is 1.20. The lowest BCUT2D eigenvalue weighted by Crippen LogP contribution is -2.25. The van der Waals surface area contributed by atoms with E-state index in [1.54, 1.807) is 0 Å². The van der Waals surface area contributed by atoms with Crippen molar-refractivity contribution in [2.75, 3.05) is 29.9 Å². The molecule has 0 saturated heterocycles. The Hall–Kier alpha value is -1.96. The molecule has 0 aliphatic carbocycles. The highest BCUT2D eigenvalue weighted by Gasteiger charge is 2.21. The molecule has 1 atom stereocenters. The van der Waals surface area contributed by atoms with Gasteiger partial charge < -0.3 is 10.2 Å². The quantitative estimate of drug-likeness (QED) is 0.876. The smallest absolute Gasteiger partial charge is 0.0376 e. The van der Waals surface area contributed by atoms with Crippen LogP contribution in [0.15, 0.2) is 54.6 Å². The highest BCUT2D eigenvalue weighted by molar-refractivity contribution is 5.57. The van der Waals surface area contributed by atoms with Gasteiger partial charge in [0.05, 0.1) is 0 Å². The second kappa shape index (κ2) is 6.00. The third-order valence-corrected chi connectivity index (χ3v) is 4.19. The van der Waals surface area contributed by atoms with Gasteiger partial charge in [0, 0.05) is 36.9 Å². The summed E-state index contributed by atoms with van der Waals surface area (Å²) in [7, 11) is 0. The summed E-state index contributed by atoms with van der Waals surface area (Å²) in [6, 6.07) is 19.4. The number of nitrogens with zero attached hydrogens (tertiary/aromatic N) is 1. The number of fused-ring (bicyclic) bond motifs is 1. The third kappa shape index (κ3) is 2.64. The zero-order valence-corrected chi connectivity index (χ0v) is 12.0. The predicted molar refractivity (Wildman–Crippen MR) is 86.6 cm³/mol. The zero-order valence-electron chi connectivity index (χ0n) is 12.0. The standard InChI is InChI=1S/C18H22N2/c1-2-20(16-8-4-3-5-9-16)13-12-15-14-19-18-11-7-6-10-17(15)18/h3-11,15,19H,2,12-14H2,1H3. The van der Waals surface area contributed by atoms with Gasteiger partial charge in [0.1, 0.15) is 0 Å². The van der Waals surface area contributed by atoms with Crippen LogP contribution in [0.3, 0.4) is 0 Å². The van der Waals surface area contributed by atoms with Crippen LogP contribution in [0.1, 0.15) is 24.8 Å². The van der Waals surface area contributed by atoms with Crippen molar-refractivity contribution < 1.29 is 0 Å². The Morgan fingerprint density at radius 3 is 2.60 bits per heavy atom. The van der Waals surface area contributed by atoms with Crippen molar-refractivity contribution in [3.05, 3.63) is 60.2 Å². The Labute approximate surface area is 121 Å². The predicted octanol–water partition coefficient (Wildman–Crippen LogP) is 4.11. The Kier molecular flexibility index (Phi) is 3.91. The van der Waals surface area contributed by atoms with Crippen molar-refractivity contribution in [3.63, 3.8) is 0 Å². The number of nitrogens with one attached hydrogen (secondary N) is 1. The van der Waals surface area contributed by atoms with E-state index < -0.39 is 0 Å². The Balaban J connectivity index is 1.65. The molecule has 0 aromatic heterocycles. The van der Waals surface area contributed by atoms with Crippen molar-refractivity contribution in [3.8, 4) is 0 Å². The van der Waals surface area contributed by atoms with Gasteiger partial charge in [0.25, 0.3) is 0 Å². The molecule has 1 heterocycles. The summed E-state index contributed by atoms with van der Waals surface area (Å²) in [5.41, 5.74) is 4.13. The van der Waals surface area contributed by atoms with Crippen LogP contribution in [0, 0.1) is 0 Å². The van der Waals surface area contributed by atoms with E-state index >= 15 is 0 Å². The molecule has 2 nitrogen and oxygen atoms in total. The van der Waals surface area contributed by atoms with E-state index in [1.165, 1.54) is 23.4 Å². The molecule has 2 aromatic carbocycles. The lowest BCUT2D eigenvalue weighted by molar-refractivity contribution is 0.651. The van der Waals surface area contributed by atoms with Gasteiger partial charge in [0.15, 0.2) is 0 Å². The molecular formula is C18H22N2. The van der Waals surface area contributed by atoms with Gasteiger partial charge in [-0.05, 0) is 37.1 Å². The molecule has 1 N–H and O–H groups in total. The van der Waals surface area contributed by atoms with E-state index in [4.69, 9.17) is 0 Å². The van der Waals surface area contributed by atoms with Crippen molar-refractivity contribution >= 4 is 11.4 Å². The fourth-order valence-corrected chi connectivity index (χ4v) is 3.03. The van der Waals surface area contributed by atoms with Crippen LogP contribution in [-0.4, -0.2) is 19.6 Å². The number of para-hydroxylation sites is 2. The topological polar surface area (TPSA) is 15.3 Å². The highest BCUT2D eigenvalue weighted by Crippen LogP contribution is 2.33. The van der Waals surface area contributed by atoms with Gasteiger partial charge in [-0.2, -0.15) is 0 Å². The molecule has 1 aliphatic heterocycles. The van der Waals surface area contributed by atoms with Gasteiger partial charge in [-0.25, -0.2) is 0 Å². The van der Waals surface area contributed by atoms with Crippen LogP contribution in [0.5, 0.6) is 0 Å². The monoisotopic (exact) mass is 266 g/mol. The zero-order chi connectivity index (χ0) is 13.8. The fraction of sp³-hybridized carbons (Fsp3) is 0.333. The molecule has 0 saturated carbocycles. The first-order chi connectivity index (χ1) is 9.88. The average molecular weight is 266 g/mol. The molecular weight excluding hydrogens is 244 g/mol. The van der Waals surface area contributed by atoms with Crippen molar-refractivity contribution in [1.82, 2.24) is 0 Å². The summed E-state index contributed by atoms with van der Waals surface area (Å²) < 4.78 is 0. The number of hydrogen-bond donors (Lipinski definition) is 1. The normalized spacial score (nSPS) is 16.6. The summed E-state index contributed by atoms with van der Waals surface area (Å²) in [6.45, 7) is 5.48. The van der Waals surface area contributed by atoms with E-state index in [0.29, 0.717) is 5.92 Å². The number of rotatable bonds is 5. The molecule has 2 aromatic rings. The molecule has 20 heavy (non-hydrogen) atoms. The fourth-order valence-electron chi connectivity index (χ4n) is 3.03. The van der Waals surface area contributed by atoms with E-state index in [9.17, 15) is 0 Å². The molecule has 0 radical (unpaired) electrons. The second-order valence-corrected chi connectivity index (χ2v) is 5.37. The van der Waals surface area contributed by atoms with Crippen LogP contribution < -0.4 is 10.2 Å². The maximum atomic E-state index is 3.51. The summed E-state index contributed by atoms with van der Waals surface area (Å²) >= 11 is 0. The van der Waals surface area contributed by atoms with E-state index in [-0.39, 0.29) is 0 Å². The first-order valence-corrected chi connectivity index (χ1v) is 7.51. The van der Waals surface area contributed by atoms with Gasteiger partial charge in [-0.15, -0.1) is 0 Å². The highest BCUT2D eigenvalue weighted by atomic mass is 15.1. The minimum Gasteiger partial charge on any atom is -0.384 e. The first-order valence-electron chi connectivity index (χ1n) is 7.51. The van der Waals surface area contributed by atoms with Crippen LogP contribution in [-0.2, 0) is 0 Å². The van der Waals surface area contributed by atoms with Crippen molar-refractivity contribution in [2.45, 2.75) is 19.3 Å². The molecule has 0 spiro atoms. The second-order valence-electron chi connectivity index (χ2n) is 5.37. The van der Waals surface area contributed by atoms with Gasteiger partial charge in [-0.1, -0.05) is 36.4 Å². The Morgan fingerprint density at radius 2 is 1.80 bits per heavy atom. The maximum absolute atomic E-state index is 3.51. The lowest BCUT2D eigenvalue weighted by atomic mass is 9.97. The summed E-state index contributed by atoms with van der Waals surface area (Å²) in [5, 5.41) is 3.51. The molecule has 3 rings (SSSR count). The summed E-state index contributed by atoms with van der Waals surface area (Å²) in [5.74, 6) is 0.643. The van der Waals surface area contributed by atoms with E-state index in [1.807, 2.05) is 0 Å². The number of benzene rings is 2. The lowest BCUT2D eigenvalue weighted by Gasteiger charge is -2.24. The first kappa shape index (κ1) is 13.0. The van der Waals surface area contributed by atoms with Crippen LogP contribution in [0.25, 0.3) is 0 Å². The molecule has 0 bridgehead atoms. The maximum Gasteiger partial charge on any atom is 0.0376 e. The minimum atomic E-state index is 0.643. The third-order valence-electron chi connectivity index (χ3n) is 4.19. The van der Waals surface area contributed by atoms with Crippen LogP contribution in [0.4, 0.5) is 11.4 Å². The molecule has 2 heteroatoms. The largest absolute Gasteiger partial charge is 0.384 e. The van der Waals surface area contributed by atoms with Crippen molar-refractivity contribution in [2.24, 2.45) is 0 Å². The van der Waals surface area contributed by atoms with E-state index in [0.717, 1.165) is 19.6 Å². The van der Waals surface area contributed by atoms with E-state index in [2.05, 4.69) is 71.7 Å². The van der Waals surface area contributed by atoms with Crippen LogP contribution >= 0.6 is 0 Å². The molecule has 0 fully saturated rings. The van der Waals surface area contributed by atoms with Crippen LogP contribution in [0.2, 0.25) is 0 Å². The Bertz CT molecular complexity index is 548. The van der Waals surface area contributed by atoms with Gasteiger partial charge >= 0.3 is 0 Å². The average Bonchev–Trinajstić information content (AvgIpc) is 2.92.